The summed E-state index contributed by atoms with van der Waals surface area (Å²) in [5.41, 5.74) is 1.07. The highest BCUT2D eigenvalue weighted by Gasteiger charge is 2.11. The van der Waals surface area contributed by atoms with Crippen LogP contribution in [0.2, 0.25) is 0 Å². The van der Waals surface area contributed by atoms with E-state index < -0.39 is 0 Å². The van der Waals surface area contributed by atoms with E-state index in [0.717, 1.165) is 16.7 Å². The monoisotopic (exact) mass is 349 g/mol. The van der Waals surface area contributed by atoms with Crippen molar-refractivity contribution >= 4 is 16.7 Å². The third kappa shape index (κ3) is 4.54. The molecule has 0 aliphatic heterocycles. The van der Waals surface area contributed by atoms with Gasteiger partial charge < -0.3 is 14.8 Å². The Labute approximate surface area is 153 Å². The van der Waals surface area contributed by atoms with Crippen LogP contribution in [0.5, 0.6) is 11.5 Å². The predicted octanol–water partition coefficient (Wildman–Crippen LogP) is 4.49. The molecular weight excluding hydrogens is 326 g/mol. The zero-order chi connectivity index (χ0) is 18.4. The highest BCUT2D eigenvalue weighted by Crippen LogP contribution is 2.20. The summed E-state index contributed by atoms with van der Waals surface area (Å²) in [6, 6.07) is 21.6. The van der Waals surface area contributed by atoms with Gasteiger partial charge in [0.05, 0.1) is 12.6 Å². The van der Waals surface area contributed by atoms with E-state index in [4.69, 9.17) is 9.47 Å². The summed E-state index contributed by atoms with van der Waals surface area (Å²) < 4.78 is 10.9. The summed E-state index contributed by atoms with van der Waals surface area (Å²) in [5, 5.41) is 5.33. The van der Waals surface area contributed by atoms with Gasteiger partial charge >= 0.3 is 0 Å². The average Bonchev–Trinajstić information content (AvgIpc) is 2.67. The first-order valence-electron chi connectivity index (χ1n) is 8.79. The molecule has 26 heavy (non-hydrogen) atoms. The van der Waals surface area contributed by atoms with E-state index in [0.29, 0.717) is 12.4 Å². The average molecular weight is 349 g/mol. The molecule has 134 valence electrons. The standard InChI is InChI=1S/C22H23NO3/c1-3-25-20-10-12-21(13-11-20)26-15-22(24)23-16(2)18-9-8-17-6-4-5-7-19(17)14-18/h4-14,16H,3,15H2,1-2H3,(H,23,24). The topological polar surface area (TPSA) is 47.6 Å². The quantitative estimate of drug-likeness (QED) is 0.683. The number of rotatable bonds is 7. The molecule has 0 spiro atoms. The van der Waals surface area contributed by atoms with Crippen LogP contribution in [0.1, 0.15) is 25.5 Å². The van der Waals surface area contributed by atoms with Crippen molar-refractivity contribution in [1.82, 2.24) is 5.32 Å². The van der Waals surface area contributed by atoms with Crippen molar-refractivity contribution in [3.63, 3.8) is 0 Å². The van der Waals surface area contributed by atoms with Crippen molar-refractivity contribution in [3.05, 3.63) is 72.3 Å². The van der Waals surface area contributed by atoms with Crippen molar-refractivity contribution < 1.29 is 14.3 Å². The van der Waals surface area contributed by atoms with Crippen LogP contribution >= 0.6 is 0 Å². The number of carbonyl (C=O) groups is 1. The Morgan fingerprint density at radius 1 is 0.923 bits per heavy atom. The molecule has 0 aromatic heterocycles. The molecule has 0 heterocycles. The highest BCUT2D eigenvalue weighted by atomic mass is 16.5. The number of amides is 1. The van der Waals surface area contributed by atoms with Gasteiger partial charge in [0.15, 0.2) is 6.61 Å². The molecular formula is C22H23NO3. The van der Waals surface area contributed by atoms with Crippen LogP contribution in [0.15, 0.2) is 66.7 Å². The van der Waals surface area contributed by atoms with Crippen molar-refractivity contribution in [3.8, 4) is 11.5 Å². The first kappa shape index (κ1) is 17.8. The SMILES string of the molecule is CCOc1ccc(OCC(=O)NC(C)c2ccc3ccccc3c2)cc1. The molecule has 1 atom stereocenters. The van der Waals surface area contributed by atoms with E-state index in [1.54, 1.807) is 12.1 Å². The molecule has 4 nitrogen and oxygen atoms in total. The lowest BCUT2D eigenvalue weighted by molar-refractivity contribution is -0.123. The minimum absolute atomic E-state index is 0.0219. The molecule has 0 saturated carbocycles. The van der Waals surface area contributed by atoms with Crippen LogP contribution in [-0.2, 0) is 4.79 Å². The fraction of sp³-hybridized carbons (Fsp3) is 0.227. The second-order valence-electron chi connectivity index (χ2n) is 6.09. The summed E-state index contributed by atoms with van der Waals surface area (Å²) in [6.45, 7) is 4.51. The Kier molecular flexibility index (Phi) is 5.74. The molecule has 3 aromatic rings. The highest BCUT2D eigenvalue weighted by molar-refractivity contribution is 5.83. The molecule has 1 N–H and O–H groups in total. The van der Waals surface area contributed by atoms with E-state index in [9.17, 15) is 4.79 Å². The normalized spacial score (nSPS) is 11.8. The van der Waals surface area contributed by atoms with Gasteiger partial charge in [0.2, 0.25) is 0 Å². The van der Waals surface area contributed by atoms with Crippen LogP contribution in [-0.4, -0.2) is 19.1 Å². The number of fused-ring (bicyclic) bond motifs is 1. The lowest BCUT2D eigenvalue weighted by atomic mass is 10.0. The van der Waals surface area contributed by atoms with Crippen molar-refractivity contribution in [1.29, 1.82) is 0 Å². The molecule has 3 rings (SSSR count). The van der Waals surface area contributed by atoms with E-state index in [-0.39, 0.29) is 18.6 Å². The molecule has 0 fully saturated rings. The van der Waals surface area contributed by atoms with E-state index in [1.807, 2.05) is 44.2 Å². The van der Waals surface area contributed by atoms with Gasteiger partial charge in [0.1, 0.15) is 11.5 Å². The fourth-order valence-electron chi connectivity index (χ4n) is 2.79. The third-order valence-corrected chi connectivity index (χ3v) is 4.16. The van der Waals surface area contributed by atoms with Gasteiger partial charge in [-0.1, -0.05) is 36.4 Å². The van der Waals surface area contributed by atoms with Crippen molar-refractivity contribution in [2.45, 2.75) is 19.9 Å². The Bertz CT molecular complexity index is 874. The molecule has 0 radical (unpaired) electrons. The molecule has 1 amide bonds. The molecule has 4 heteroatoms. The van der Waals surface area contributed by atoms with Gasteiger partial charge in [0.25, 0.3) is 5.91 Å². The maximum atomic E-state index is 12.2. The maximum Gasteiger partial charge on any atom is 0.258 e. The number of ether oxygens (including phenoxy) is 2. The van der Waals surface area contributed by atoms with Gasteiger partial charge in [-0.25, -0.2) is 0 Å². The Hall–Kier alpha value is -3.01. The van der Waals surface area contributed by atoms with Crippen LogP contribution < -0.4 is 14.8 Å². The first-order valence-corrected chi connectivity index (χ1v) is 8.79. The number of carbonyl (C=O) groups excluding carboxylic acids is 1. The van der Waals surface area contributed by atoms with Crippen molar-refractivity contribution in [2.24, 2.45) is 0 Å². The van der Waals surface area contributed by atoms with Gasteiger partial charge in [-0.2, -0.15) is 0 Å². The van der Waals surface area contributed by atoms with Crippen LogP contribution in [0, 0.1) is 0 Å². The Morgan fingerprint density at radius 3 is 2.27 bits per heavy atom. The summed E-state index contributed by atoms with van der Waals surface area (Å²) in [4.78, 5) is 12.2. The maximum absolute atomic E-state index is 12.2. The summed E-state index contributed by atoms with van der Waals surface area (Å²) in [6.07, 6.45) is 0. The minimum Gasteiger partial charge on any atom is -0.494 e. The molecule has 3 aromatic carbocycles. The molecule has 0 aliphatic carbocycles. The fourth-order valence-corrected chi connectivity index (χ4v) is 2.79. The Balaban J connectivity index is 1.54. The predicted molar refractivity (Wildman–Crippen MR) is 104 cm³/mol. The minimum atomic E-state index is -0.153. The molecule has 0 bridgehead atoms. The number of hydrogen-bond acceptors (Lipinski definition) is 3. The van der Waals surface area contributed by atoms with Crippen LogP contribution in [0.3, 0.4) is 0 Å². The van der Waals surface area contributed by atoms with Gasteiger partial charge in [-0.15, -0.1) is 0 Å². The Morgan fingerprint density at radius 2 is 1.58 bits per heavy atom. The number of nitrogens with one attached hydrogen (secondary N) is 1. The lowest BCUT2D eigenvalue weighted by Gasteiger charge is -2.15. The molecule has 1 unspecified atom stereocenters. The second-order valence-corrected chi connectivity index (χ2v) is 6.09. The third-order valence-electron chi connectivity index (χ3n) is 4.16. The second kappa shape index (κ2) is 8.39. The summed E-state index contributed by atoms with van der Waals surface area (Å²) >= 11 is 0. The number of hydrogen-bond donors (Lipinski definition) is 1. The number of benzene rings is 3. The lowest BCUT2D eigenvalue weighted by Crippen LogP contribution is -2.31. The van der Waals surface area contributed by atoms with Crippen LogP contribution in [0.25, 0.3) is 10.8 Å². The smallest absolute Gasteiger partial charge is 0.258 e. The molecule has 0 saturated heterocycles. The van der Waals surface area contributed by atoms with Crippen molar-refractivity contribution in [2.75, 3.05) is 13.2 Å². The van der Waals surface area contributed by atoms with E-state index in [2.05, 4.69) is 29.6 Å². The molecule has 0 aliphatic rings. The van der Waals surface area contributed by atoms with E-state index in [1.165, 1.54) is 5.39 Å². The van der Waals surface area contributed by atoms with Crippen LogP contribution in [0.4, 0.5) is 0 Å². The zero-order valence-corrected chi connectivity index (χ0v) is 15.1. The first-order chi connectivity index (χ1) is 12.7. The van der Waals surface area contributed by atoms with Gasteiger partial charge in [-0.3, -0.25) is 4.79 Å². The zero-order valence-electron chi connectivity index (χ0n) is 15.1. The van der Waals surface area contributed by atoms with Gasteiger partial charge in [-0.05, 0) is 60.5 Å². The van der Waals surface area contributed by atoms with E-state index >= 15 is 0 Å². The largest absolute Gasteiger partial charge is 0.494 e. The summed E-state index contributed by atoms with van der Waals surface area (Å²) in [5.74, 6) is 1.27. The van der Waals surface area contributed by atoms with Gasteiger partial charge in [0, 0.05) is 0 Å². The summed E-state index contributed by atoms with van der Waals surface area (Å²) in [7, 11) is 0.